The molecule has 0 aliphatic heterocycles. The van der Waals surface area contributed by atoms with Gasteiger partial charge in [-0.15, -0.1) is 0 Å². The van der Waals surface area contributed by atoms with E-state index in [1.807, 2.05) is 0 Å². The summed E-state index contributed by atoms with van der Waals surface area (Å²) in [5, 5.41) is 0. The predicted octanol–water partition coefficient (Wildman–Crippen LogP) is 0.206. The summed E-state index contributed by atoms with van der Waals surface area (Å²) < 4.78 is 31.6. The van der Waals surface area contributed by atoms with Crippen LogP contribution in [0.3, 0.4) is 0 Å². The molecular formula is H2CrO4PS. The molecule has 2 N–H and O–H groups in total. The summed E-state index contributed by atoms with van der Waals surface area (Å²) in [5.41, 5.74) is 0. The molecule has 0 rings (SSSR count). The maximum absolute atomic E-state index is 8.74. The van der Waals surface area contributed by atoms with E-state index < -0.39 is 10.4 Å². The molecule has 7 heavy (non-hydrogen) atoms. The van der Waals surface area contributed by atoms with Crippen LogP contribution in [0, 0.1) is 0 Å². The van der Waals surface area contributed by atoms with E-state index >= 15 is 0 Å². The molecule has 7 heteroatoms. The first kappa shape index (κ1) is 15.7. The van der Waals surface area contributed by atoms with Gasteiger partial charge in [-0.3, -0.25) is 9.11 Å². The predicted molar refractivity (Wildman–Crippen MR) is 21.1 cm³/mol. The molecule has 0 aromatic heterocycles. The average molecular weight is 181 g/mol. The summed E-state index contributed by atoms with van der Waals surface area (Å²) in [6.45, 7) is 0. The van der Waals surface area contributed by atoms with Crippen molar-refractivity contribution in [3.8, 4) is 0 Å². The number of rotatable bonds is 0. The minimum absolute atomic E-state index is 0. The number of hydrogen-bond acceptors (Lipinski definition) is 2. The smallest absolute Gasteiger partial charge is 0.264 e. The van der Waals surface area contributed by atoms with Crippen molar-refractivity contribution in [2.75, 3.05) is 0 Å². The summed E-state index contributed by atoms with van der Waals surface area (Å²) in [6, 6.07) is 0. The first-order valence-electron chi connectivity index (χ1n) is 0.698. The largest absolute Gasteiger partial charge is 0.394 e. The van der Waals surface area contributed by atoms with Crippen LogP contribution in [-0.2, 0) is 27.8 Å². The van der Waals surface area contributed by atoms with Gasteiger partial charge in [0, 0.05) is 27.3 Å². The van der Waals surface area contributed by atoms with Crippen LogP contribution in [0.2, 0.25) is 0 Å². The average Bonchev–Trinajstić information content (AvgIpc) is 0.722. The summed E-state index contributed by atoms with van der Waals surface area (Å²) in [6.07, 6.45) is 0. The second-order valence-electron chi connectivity index (χ2n) is 0.448. The van der Waals surface area contributed by atoms with Crippen molar-refractivity contribution in [1.29, 1.82) is 0 Å². The minimum Gasteiger partial charge on any atom is -0.264 e. The SMILES string of the molecule is O=S(=O)(O)O.[Cr].[P]. The Morgan fingerprint density at radius 3 is 1.14 bits per heavy atom. The fourth-order valence-corrected chi connectivity index (χ4v) is 0. The van der Waals surface area contributed by atoms with Crippen LogP contribution in [0.1, 0.15) is 0 Å². The maximum atomic E-state index is 8.74. The van der Waals surface area contributed by atoms with E-state index in [1.165, 1.54) is 0 Å². The maximum Gasteiger partial charge on any atom is 0.394 e. The molecule has 0 bridgehead atoms. The van der Waals surface area contributed by atoms with E-state index in [0.717, 1.165) is 0 Å². The third-order valence-corrected chi connectivity index (χ3v) is 0. The summed E-state index contributed by atoms with van der Waals surface area (Å²) >= 11 is 0. The quantitative estimate of drug-likeness (QED) is 0.413. The second kappa shape index (κ2) is 4.98. The van der Waals surface area contributed by atoms with Crippen molar-refractivity contribution in [2.24, 2.45) is 0 Å². The molecule has 0 aliphatic rings. The van der Waals surface area contributed by atoms with Crippen LogP contribution < -0.4 is 0 Å². The van der Waals surface area contributed by atoms with Gasteiger partial charge < -0.3 is 0 Å². The van der Waals surface area contributed by atoms with Crippen molar-refractivity contribution in [3.05, 3.63) is 0 Å². The standard InChI is InChI=1S/Cr.H2O4S.P/c;1-5(2,3)4;/h;(H2,1,2,3,4);. The molecule has 0 saturated carbocycles. The van der Waals surface area contributed by atoms with Crippen molar-refractivity contribution >= 4 is 20.3 Å². The van der Waals surface area contributed by atoms with Crippen LogP contribution in [0.15, 0.2) is 0 Å². The van der Waals surface area contributed by atoms with Gasteiger partial charge in [-0.05, 0) is 0 Å². The molecule has 43 valence electrons. The zero-order chi connectivity index (χ0) is 4.50. The molecule has 0 amide bonds. The third kappa shape index (κ3) is 230. The zero-order valence-corrected chi connectivity index (χ0v) is 5.96. The van der Waals surface area contributed by atoms with Crippen LogP contribution in [-0.4, -0.2) is 17.5 Å². The molecule has 0 aliphatic carbocycles. The van der Waals surface area contributed by atoms with Gasteiger partial charge >= 0.3 is 10.4 Å². The van der Waals surface area contributed by atoms with Gasteiger partial charge in [0.15, 0.2) is 0 Å². The fourth-order valence-electron chi connectivity index (χ4n) is 0. The second-order valence-corrected chi connectivity index (χ2v) is 1.34. The minimum atomic E-state index is -4.67. The summed E-state index contributed by atoms with van der Waals surface area (Å²) in [4.78, 5) is 0. The van der Waals surface area contributed by atoms with Crippen LogP contribution >= 0.6 is 9.90 Å². The van der Waals surface area contributed by atoms with Gasteiger partial charge in [-0.1, -0.05) is 0 Å². The van der Waals surface area contributed by atoms with Crippen molar-refractivity contribution in [3.63, 3.8) is 0 Å². The van der Waals surface area contributed by atoms with Gasteiger partial charge in [-0.25, -0.2) is 0 Å². The van der Waals surface area contributed by atoms with Crippen molar-refractivity contribution < 1.29 is 34.9 Å². The zero-order valence-electron chi connectivity index (χ0n) is 2.97. The first-order valence-corrected chi connectivity index (χ1v) is 2.10. The van der Waals surface area contributed by atoms with Gasteiger partial charge in [0.2, 0.25) is 0 Å². The summed E-state index contributed by atoms with van der Waals surface area (Å²) in [5.74, 6) is 0. The Bertz CT molecular complexity index is 94.9. The Balaban J connectivity index is -0.0000000800. The van der Waals surface area contributed by atoms with Crippen LogP contribution in [0.25, 0.3) is 0 Å². The molecular weight excluding hydrogens is 179 g/mol. The molecule has 0 heterocycles. The van der Waals surface area contributed by atoms with Gasteiger partial charge in [0.25, 0.3) is 0 Å². The van der Waals surface area contributed by atoms with Gasteiger partial charge in [0.1, 0.15) is 0 Å². The Morgan fingerprint density at radius 2 is 1.14 bits per heavy atom. The molecule has 3 radical (unpaired) electrons. The fraction of sp³-hybridized carbons (Fsp3) is 0. The van der Waals surface area contributed by atoms with Crippen LogP contribution in [0.4, 0.5) is 0 Å². The van der Waals surface area contributed by atoms with E-state index in [0.29, 0.717) is 0 Å². The molecule has 0 fully saturated rings. The first-order chi connectivity index (χ1) is 2.00. The summed E-state index contributed by atoms with van der Waals surface area (Å²) in [7, 11) is -4.67. The normalized spacial score (nSPS) is 8.29. The Morgan fingerprint density at radius 1 is 1.14 bits per heavy atom. The third-order valence-electron chi connectivity index (χ3n) is 0. The molecule has 0 saturated heterocycles. The van der Waals surface area contributed by atoms with Crippen molar-refractivity contribution in [2.45, 2.75) is 0 Å². The van der Waals surface area contributed by atoms with Crippen LogP contribution in [0.5, 0.6) is 0 Å². The Labute approximate surface area is 55.6 Å². The van der Waals surface area contributed by atoms with E-state index in [2.05, 4.69) is 0 Å². The topological polar surface area (TPSA) is 74.6 Å². The molecule has 0 unspecified atom stereocenters. The monoisotopic (exact) mass is 181 g/mol. The molecule has 0 atom stereocenters. The molecule has 4 nitrogen and oxygen atoms in total. The molecule has 0 aromatic carbocycles. The van der Waals surface area contributed by atoms with E-state index in [9.17, 15) is 0 Å². The van der Waals surface area contributed by atoms with Crippen molar-refractivity contribution in [1.82, 2.24) is 0 Å². The van der Waals surface area contributed by atoms with E-state index in [4.69, 9.17) is 17.5 Å². The van der Waals surface area contributed by atoms with Gasteiger partial charge in [0.05, 0.1) is 0 Å². The Hall–Kier alpha value is 0.832. The van der Waals surface area contributed by atoms with Gasteiger partial charge in [-0.2, -0.15) is 8.42 Å². The number of hydrogen-bond donors (Lipinski definition) is 2. The van der Waals surface area contributed by atoms with E-state index in [1.54, 1.807) is 0 Å². The Kier molecular flexibility index (Phi) is 11.1. The molecule has 0 spiro atoms. The molecule has 0 aromatic rings. The van der Waals surface area contributed by atoms with E-state index in [-0.39, 0.29) is 27.3 Å².